The van der Waals surface area contributed by atoms with Crippen LogP contribution < -0.4 is 4.90 Å². The van der Waals surface area contributed by atoms with Crippen LogP contribution in [0.15, 0.2) is 48.7 Å². The van der Waals surface area contributed by atoms with Crippen LogP contribution >= 0.6 is 0 Å². The molecule has 4 heteroatoms. The molecule has 1 atom stereocenters. The van der Waals surface area contributed by atoms with Gasteiger partial charge in [0.2, 0.25) is 0 Å². The second-order valence-electron chi connectivity index (χ2n) is 6.26. The summed E-state index contributed by atoms with van der Waals surface area (Å²) in [5, 5.41) is 0. The molecule has 0 spiro atoms. The molecular weight excluding hydrogens is 298 g/mol. The molecule has 0 saturated carbocycles. The lowest BCUT2D eigenvalue weighted by atomic mass is 10.0. The van der Waals surface area contributed by atoms with Crippen molar-refractivity contribution in [1.29, 1.82) is 0 Å². The number of rotatable bonds is 1. The Morgan fingerprint density at radius 3 is 2.58 bits per heavy atom. The fourth-order valence-corrected chi connectivity index (χ4v) is 3.36. The van der Waals surface area contributed by atoms with E-state index in [0.29, 0.717) is 6.04 Å². The minimum atomic E-state index is 0.0929. The van der Waals surface area contributed by atoms with Gasteiger partial charge in [0.1, 0.15) is 5.82 Å². The zero-order chi connectivity index (χ0) is 16.4. The number of aromatic nitrogens is 1. The Hall–Kier alpha value is -2.80. The molecule has 0 radical (unpaired) electrons. The van der Waals surface area contributed by atoms with E-state index in [0.717, 1.165) is 42.9 Å². The quantitative estimate of drug-likeness (QED) is 0.757. The molecule has 2 fully saturated rings. The Morgan fingerprint density at radius 2 is 1.83 bits per heavy atom. The van der Waals surface area contributed by atoms with E-state index < -0.39 is 0 Å². The molecule has 2 aliphatic heterocycles. The number of benzene rings is 1. The first kappa shape index (κ1) is 14.8. The van der Waals surface area contributed by atoms with Crippen molar-refractivity contribution < 1.29 is 4.79 Å². The van der Waals surface area contributed by atoms with Crippen molar-refractivity contribution in [2.24, 2.45) is 0 Å². The first-order valence-corrected chi connectivity index (χ1v) is 8.42. The average Bonchev–Trinajstić information content (AvgIpc) is 2.98. The van der Waals surface area contributed by atoms with Crippen LogP contribution in [0, 0.1) is 11.8 Å². The van der Waals surface area contributed by atoms with Crippen LogP contribution in [0.2, 0.25) is 0 Å². The van der Waals surface area contributed by atoms with E-state index in [9.17, 15) is 4.79 Å². The van der Waals surface area contributed by atoms with E-state index in [1.54, 1.807) is 11.1 Å². The third-order valence-corrected chi connectivity index (χ3v) is 4.65. The molecule has 120 valence electrons. The van der Waals surface area contributed by atoms with Crippen LogP contribution in [-0.2, 0) is 0 Å². The van der Waals surface area contributed by atoms with Crippen LogP contribution in [0.3, 0.4) is 0 Å². The number of amides is 2. The topological polar surface area (TPSA) is 36.4 Å². The van der Waals surface area contributed by atoms with Crippen LogP contribution in [0.4, 0.5) is 10.6 Å². The van der Waals surface area contributed by atoms with Gasteiger partial charge in [-0.05, 0) is 43.5 Å². The predicted octanol–water partition coefficient (Wildman–Crippen LogP) is 3.28. The molecule has 2 amide bonds. The minimum Gasteiger partial charge on any atom is -0.320 e. The Bertz CT molecular complexity index is 789. The zero-order valence-corrected chi connectivity index (χ0v) is 13.5. The van der Waals surface area contributed by atoms with Gasteiger partial charge in [-0.25, -0.2) is 9.78 Å². The van der Waals surface area contributed by atoms with Crippen molar-refractivity contribution in [2.75, 3.05) is 18.0 Å². The summed E-state index contributed by atoms with van der Waals surface area (Å²) in [4.78, 5) is 20.8. The predicted molar refractivity (Wildman–Crippen MR) is 93.7 cm³/mol. The summed E-state index contributed by atoms with van der Waals surface area (Å²) in [6.45, 7) is 1.63. The monoisotopic (exact) mass is 317 g/mol. The molecule has 2 saturated heterocycles. The molecule has 3 heterocycles. The standard InChI is InChI=1S/C20H19N3O/c24-20-22-13-5-4-8-18(22)15-23(20)19-12-11-17(14-21-19)10-9-16-6-2-1-3-7-16/h1-3,6-7,11-12,14,18H,4-5,8,13,15H2. The number of hydrogen-bond donors (Lipinski definition) is 0. The Morgan fingerprint density at radius 1 is 1.00 bits per heavy atom. The molecule has 4 rings (SSSR count). The van der Waals surface area contributed by atoms with Crippen molar-refractivity contribution in [3.8, 4) is 11.8 Å². The second-order valence-corrected chi connectivity index (χ2v) is 6.26. The summed E-state index contributed by atoms with van der Waals surface area (Å²) in [5.41, 5.74) is 1.83. The molecule has 4 nitrogen and oxygen atoms in total. The molecule has 1 unspecified atom stereocenters. The number of carbonyl (C=O) groups is 1. The summed E-state index contributed by atoms with van der Waals surface area (Å²) in [5.74, 6) is 6.96. The van der Waals surface area contributed by atoms with Gasteiger partial charge in [-0.15, -0.1) is 0 Å². The van der Waals surface area contributed by atoms with Crippen LogP contribution in [0.1, 0.15) is 30.4 Å². The van der Waals surface area contributed by atoms with Gasteiger partial charge in [-0.3, -0.25) is 4.90 Å². The van der Waals surface area contributed by atoms with Crippen molar-refractivity contribution >= 4 is 11.8 Å². The highest BCUT2D eigenvalue weighted by atomic mass is 16.2. The molecule has 0 bridgehead atoms. The van der Waals surface area contributed by atoms with Gasteiger partial charge in [0.05, 0.1) is 6.04 Å². The highest BCUT2D eigenvalue weighted by Crippen LogP contribution is 2.28. The van der Waals surface area contributed by atoms with E-state index >= 15 is 0 Å². The van der Waals surface area contributed by atoms with Gasteiger partial charge in [0, 0.05) is 30.4 Å². The first-order chi connectivity index (χ1) is 11.8. The van der Waals surface area contributed by atoms with Crippen LogP contribution in [0.25, 0.3) is 0 Å². The number of carbonyl (C=O) groups excluding carboxylic acids is 1. The maximum absolute atomic E-state index is 12.5. The summed E-state index contributed by atoms with van der Waals surface area (Å²) in [6, 6.07) is 14.2. The molecular formula is C20H19N3O. The van der Waals surface area contributed by atoms with Gasteiger partial charge in [0.25, 0.3) is 0 Å². The first-order valence-electron chi connectivity index (χ1n) is 8.42. The largest absolute Gasteiger partial charge is 0.326 e. The van der Waals surface area contributed by atoms with Gasteiger partial charge in [-0.2, -0.15) is 0 Å². The lowest BCUT2D eigenvalue weighted by Gasteiger charge is -2.27. The summed E-state index contributed by atoms with van der Waals surface area (Å²) in [7, 11) is 0. The highest BCUT2D eigenvalue weighted by Gasteiger charge is 2.39. The molecule has 0 N–H and O–H groups in total. The SMILES string of the molecule is O=C1N(c2ccc(C#Cc3ccccc3)cn2)CC2CCCCN12. The number of hydrogen-bond acceptors (Lipinski definition) is 2. The number of fused-ring (bicyclic) bond motifs is 1. The average molecular weight is 317 g/mol. The highest BCUT2D eigenvalue weighted by molar-refractivity contribution is 5.93. The van der Waals surface area contributed by atoms with Crippen LogP contribution in [-0.4, -0.2) is 35.0 Å². The van der Waals surface area contributed by atoms with E-state index in [1.807, 2.05) is 47.4 Å². The summed E-state index contributed by atoms with van der Waals surface area (Å²) < 4.78 is 0. The molecule has 2 aromatic rings. The Labute approximate surface area is 142 Å². The molecule has 24 heavy (non-hydrogen) atoms. The van der Waals surface area contributed by atoms with Gasteiger partial charge in [0.15, 0.2) is 0 Å². The molecule has 2 aliphatic rings. The van der Waals surface area contributed by atoms with E-state index in [2.05, 4.69) is 16.8 Å². The maximum atomic E-state index is 12.5. The fraction of sp³-hybridized carbons (Fsp3) is 0.300. The lowest BCUT2D eigenvalue weighted by molar-refractivity contribution is 0.187. The Kier molecular flexibility index (Phi) is 3.92. The number of pyridine rings is 1. The Balaban J connectivity index is 1.50. The lowest BCUT2D eigenvalue weighted by Crippen LogP contribution is -2.38. The van der Waals surface area contributed by atoms with E-state index in [1.165, 1.54) is 6.42 Å². The third kappa shape index (κ3) is 2.85. The normalized spacial score (nSPS) is 19.7. The van der Waals surface area contributed by atoms with Gasteiger partial charge < -0.3 is 4.90 Å². The fourth-order valence-electron chi connectivity index (χ4n) is 3.36. The number of urea groups is 1. The van der Waals surface area contributed by atoms with Crippen molar-refractivity contribution in [2.45, 2.75) is 25.3 Å². The molecule has 1 aromatic carbocycles. The van der Waals surface area contributed by atoms with E-state index in [4.69, 9.17) is 0 Å². The molecule has 0 aliphatic carbocycles. The number of nitrogens with zero attached hydrogens (tertiary/aromatic N) is 3. The maximum Gasteiger partial charge on any atom is 0.326 e. The van der Waals surface area contributed by atoms with Gasteiger partial charge >= 0.3 is 6.03 Å². The third-order valence-electron chi connectivity index (χ3n) is 4.65. The number of piperidine rings is 1. The van der Waals surface area contributed by atoms with E-state index in [-0.39, 0.29) is 6.03 Å². The van der Waals surface area contributed by atoms with Gasteiger partial charge in [-0.1, -0.05) is 30.0 Å². The number of anilines is 1. The smallest absolute Gasteiger partial charge is 0.320 e. The minimum absolute atomic E-state index is 0.0929. The van der Waals surface area contributed by atoms with Crippen molar-refractivity contribution in [1.82, 2.24) is 9.88 Å². The van der Waals surface area contributed by atoms with Crippen LogP contribution in [0.5, 0.6) is 0 Å². The molecule has 1 aromatic heterocycles. The second kappa shape index (κ2) is 6.37. The van der Waals surface area contributed by atoms with Crippen molar-refractivity contribution in [3.05, 3.63) is 59.8 Å². The summed E-state index contributed by atoms with van der Waals surface area (Å²) in [6.07, 6.45) is 5.17. The zero-order valence-electron chi connectivity index (χ0n) is 13.5. The van der Waals surface area contributed by atoms with Crippen molar-refractivity contribution in [3.63, 3.8) is 0 Å². The summed E-state index contributed by atoms with van der Waals surface area (Å²) >= 11 is 0.